The van der Waals surface area contributed by atoms with Crippen LogP contribution in [0.25, 0.3) is 0 Å². The monoisotopic (exact) mass is 174 g/mol. The minimum absolute atomic E-state index is 0.344. The van der Waals surface area contributed by atoms with Crippen molar-refractivity contribution < 1.29 is 14.2 Å². The second-order valence-electron chi connectivity index (χ2n) is 3.76. The lowest BCUT2D eigenvalue weighted by Gasteiger charge is -2.42. The zero-order valence-corrected chi connectivity index (χ0v) is 8.29. The lowest BCUT2D eigenvalue weighted by atomic mass is 9.91. The van der Waals surface area contributed by atoms with Crippen molar-refractivity contribution in [2.75, 3.05) is 13.6 Å². The Kier molecular flexibility index (Phi) is 3.09. The van der Waals surface area contributed by atoms with Crippen molar-refractivity contribution in [1.82, 2.24) is 0 Å². The first-order chi connectivity index (χ1) is 5.59. The Bertz CT molecular complexity index is 127. The minimum Gasteiger partial charge on any atom is -0.329 e. The van der Waals surface area contributed by atoms with E-state index in [0.717, 1.165) is 0 Å². The molecule has 1 aliphatic rings. The maximum Gasteiger partial charge on any atom is 0.178 e. The molecule has 1 fully saturated rings. The van der Waals surface area contributed by atoms with Crippen LogP contribution in [-0.4, -0.2) is 19.4 Å². The van der Waals surface area contributed by atoms with E-state index in [0.29, 0.717) is 25.4 Å². The molecule has 0 bridgehead atoms. The molecule has 1 rings (SSSR count). The Morgan fingerprint density at radius 2 is 1.33 bits per heavy atom. The highest BCUT2D eigenvalue weighted by Gasteiger charge is 2.41. The molecule has 0 aromatic heterocycles. The summed E-state index contributed by atoms with van der Waals surface area (Å²) in [5.41, 5.74) is 0. The van der Waals surface area contributed by atoms with Crippen LogP contribution in [0.3, 0.4) is 0 Å². The van der Waals surface area contributed by atoms with Gasteiger partial charge in [-0.15, -0.1) is 0 Å². The zero-order valence-electron chi connectivity index (χ0n) is 8.29. The molecule has 0 radical (unpaired) electrons. The van der Waals surface area contributed by atoms with Gasteiger partial charge in [0.2, 0.25) is 0 Å². The highest BCUT2D eigenvalue weighted by Crippen LogP contribution is 2.33. The average Bonchev–Trinajstić information content (AvgIpc) is 2.05. The molecule has 1 heterocycles. The van der Waals surface area contributed by atoms with Crippen LogP contribution in [0, 0.1) is 11.8 Å². The number of rotatable bonds is 2. The van der Waals surface area contributed by atoms with Crippen molar-refractivity contribution in [3.05, 3.63) is 0 Å². The Balaban J connectivity index is 2.70. The van der Waals surface area contributed by atoms with Gasteiger partial charge in [-0.1, -0.05) is 27.7 Å². The summed E-state index contributed by atoms with van der Waals surface area (Å²) in [5, 5.41) is 0. The highest BCUT2D eigenvalue weighted by molar-refractivity contribution is 4.78. The molecule has 72 valence electrons. The van der Waals surface area contributed by atoms with Crippen LogP contribution >= 0.6 is 0 Å². The number of hydrogen-bond acceptors (Lipinski definition) is 3. The van der Waals surface area contributed by atoms with Gasteiger partial charge in [0.1, 0.15) is 0 Å². The van der Waals surface area contributed by atoms with Crippen LogP contribution in [-0.2, 0) is 14.2 Å². The van der Waals surface area contributed by atoms with Gasteiger partial charge in [-0.2, -0.15) is 0 Å². The van der Waals surface area contributed by atoms with Crippen LogP contribution < -0.4 is 0 Å². The van der Waals surface area contributed by atoms with E-state index in [2.05, 4.69) is 27.7 Å². The molecule has 0 aromatic carbocycles. The van der Waals surface area contributed by atoms with E-state index < -0.39 is 5.79 Å². The molecule has 0 aliphatic carbocycles. The summed E-state index contributed by atoms with van der Waals surface area (Å²) in [6.07, 6.45) is 0. The summed E-state index contributed by atoms with van der Waals surface area (Å²) in [5.74, 6) is 0.251. The topological polar surface area (TPSA) is 27.7 Å². The SMILES string of the molecule is CC(C)C1(C(C)C)OCOCO1. The molecular weight excluding hydrogens is 156 g/mol. The fourth-order valence-corrected chi connectivity index (χ4v) is 1.68. The third-order valence-electron chi connectivity index (χ3n) is 2.35. The Morgan fingerprint density at radius 1 is 0.917 bits per heavy atom. The molecule has 0 N–H and O–H groups in total. The molecule has 0 aromatic rings. The Labute approximate surface area is 74.0 Å². The second-order valence-corrected chi connectivity index (χ2v) is 3.76. The van der Waals surface area contributed by atoms with Crippen molar-refractivity contribution >= 4 is 0 Å². The Hall–Kier alpha value is -0.120. The fraction of sp³-hybridized carbons (Fsp3) is 1.00. The molecule has 1 aliphatic heterocycles. The van der Waals surface area contributed by atoms with Gasteiger partial charge in [0, 0.05) is 11.8 Å². The molecule has 12 heavy (non-hydrogen) atoms. The van der Waals surface area contributed by atoms with E-state index >= 15 is 0 Å². The molecule has 1 saturated heterocycles. The van der Waals surface area contributed by atoms with Crippen molar-refractivity contribution in [2.45, 2.75) is 33.5 Å². The smallest absolute Gasteiger partial charge is 0.178 e. The van der Waals surface area contributed by atoms with Crippen LogP contribution in [0.4, 0.5) is 0 Å². The van der Waals surface area contributed by atoms with E-state index in [1.54, 1.807) is 0 Å². The van der Waals surface area contributed by atoms with Crippen molar-refractivity contribution in [3.63, 3.8) is 0 Å². The predicted octanol–water partition coefficient (Wildman–Crippen LogP) is 1.97. The molecule has 0 spiro atoms. The lowest BCUT2D eigenvalue weighted by molar-refractivity contribution is -0.389. The Morgan fingerprint density at radius 3 is 1.58 bits per heavy atom. The summed E-state index contributed by atoms with van der Waals surface area (Å²) in [7, 11) is 0. The molecule has 0 atom stereocenters. The molecule has 0 unspecified atom stereocenters. The maximum atomic E-state index is 5.54. The minimum atomic E-state index is -0.446. The normalized spacial score (nSPS) is 23.5. The standard InChI is InChI=1S/C9H18O3/c1-7(2)9(8(3)4)11-5-10-6-12-9/h7-8H,5-6H2,1-4H3. The fourth-order valence-electron chi connectivity index (χ4n) is 1.68. The van der Waals surface area contributed by atoms with E-state index in [9.17, 15) is 0 Å². The first-order valence-electron chi connectivity index (χ1n) is 4.45. The van der Waals surface area contributed by atoms with Crippen molar-refractivity contribution in [2.24, 2.45) is 11.8 Å². The van der Waals surface area contributed by atoms with Gasteiger partial charge in [0.05, 0.1) is 0 Å². The van der Waals surface area contributed by atoms with Gasteiger partial charge in [-0.3, -0.25) is 0 Å². The van der Waals surface area contributed by atoms with E-state index in [4.69, 9.17) is 14.2 Å². The molecule has 0 amide bonds. The van der Waals surface area contributed by atoms with Gasteiger partial charge in [0.25, 0.3) is 0 Å². The first kappa shape index (κ1) is 9.96. The lowest BCUT2D eigenvalue weighted by Crippen LogP contribution is -2.50. The zero-order chi connectivity index (χ0) is 9.19. The average molecular weight is 174 g/mol. The van der Waals surface area contributed by atoms with Crippen LogP contribution in [0.15, 0.2) is 0 Å². The summed E-state index contributed by atoms with van der Waals surface area (Å²) in [6.45, 7) is 9.10. The third kappa shape index (κ3) is 1.63. The predicted molar refractivity (Wildman–Crippen MR) is 45.4 cm³/mol. The molecule has 0 saturated carbocycles. The summed E-state index contributed by atoms with van der Waals surface area (Å²) < 4.78 is 16.1. The van der Waals surface area contributed by atoms with E-state index in [1.807, 2.05) is 0 Å². The van der Waals surface area contributed by atoms with Gasteiger partial charge < -0.3 is 14.2 Å². The van der Waals surface area contributed by atoms with Crippen molar-refractivity contribution in [3.8, 4) is 0 Å². The van der Waals surface area contributed by atoms with Gasteiger partial charge in [-0.05, 0) is 0 Å². The summed E-state index contributed by atoms with van der Waals surface area (Å²) in [4.78, 5) is 0. The third-order valence-corrected chi connectivity index (χ3v) is 2.35. The molecular formula is C9H18O3. The van der Waals surface area contributed by atoms with E-state index in [-0.39, 0.29) is 0 Å². The largest absolute Gasteiger partial charge is 0.329 e. The molecule has 3 heteroatoms. The van der Waals surface area contributed by atoms with Crippen LogP contribution in [0.1, 0.15) is 27.7 Å². The van der Waals surface area contributed by atoms with Gasteiger partial charge in [0.15, 0.2) is 19.4 Å². The number of ether oxygens (including phenoxy) is 3. The molecule has 3 nitrogen and oxygen atoms in total. The van der Waals surface area contributed by atoms with Gasteiger partial charge >= 0.3 is 0 Å². The second kappa shape index (κ2) is 3.73. The van der Waals surface area contributed by atoms with Gasteiger partial charge in [-0.25, -0.2) is 0 Å². The van der Waals surface area contributed by atoms with Crippen LogP contribution in [0.5, 0.6) is 0 Å². The first-order valence-corrected chi connectivity index (χ1v) is 4.45. The van der Waals surface area contributed by atoms with Crippen molar-refractivity contribution in [1.29, 1.82) is 0 Å². The van der Waals surface area contributed by atoms with E-state index in [1.165, 1.54) is 0 Å². The summed E-state index contributed by atoms with van der Waals surface area (Å²) >= 11 is 0. The summed E-state index contributed by atoms with van der Waals surface area (Å²) in [6, 6.07) is 0. The quantitative estimate of drug-likeness (QED) is 0.640. The van der Waals surface area contributed by atoms with Crippen LogP contribution in [0.2, 0.25) is 0 Å². The highest BCUT2D eigenvalue weighted by atomic mass is 16.9. The maximum absolute atomic E-state index is 5.54. The number of hydrogen-bond donors (Lipinski definition) is 0.